The van der Waals surface area contributed by atoms with Crippen molar-refractivity contribution in [2.45, 2.75) is 17.3 Å². The lowest BCUT2D eigenvalue weighted by Crippen LogP contribution is -2.27. The summed E-state index contributed by atoms with van der Waals surface area (Å²) in [6.07, 6.45) is -1.18. The van der Waals surface area contributed by atoms with E-state index in [1.54, 1.807) is 0 Å². The lowest BCUT2D eigenvalue weighted by Gasteiger charge is -2.12. The first-order chi connectivity index (χ1) is 7.34. The topological polar surface area (TPSA) is 86.5 Å². The molecular weight excluding hydrogens is 237 g/mol. The van der Waals surface area contributed by atoms with Crippen molar-refractivity contribution < 1.29 is 22.3 Å². The SMILES string of the molecule is CC(OC(N)=O)S(=O)(=O)c1ccc(F)cc1. The Morgan fingerprint density at radius 1 is 1.38 bits per heavy atom. The van der Waals surface area contributed by atoms with Crippen molar-refractivity contribution in [1.29, 1.82) is 0 Å². The molecule has 16 heavy (non-hydrogen) atoms. The monoisotopic (exact) mass is 247 g/mol. The first-order valence-electron chi connectivity index (χ1n) is 4.29. The van der Waals surface area contributed by atoms with Gasteiger partial charge in [-0.1, -0.05) is 0 Å². The van der Waals surface area contributed by atoms with Gasteiger partial charge < -0.3 is 10.5 Å². The van der Waals surface area contributed by atoms with E-state index in [-0.39, 0.29) is 4.90 Å². The minimum atomic E-state index is -3.84. The number of primary amides is 1. The van der Waals surface area contributed by atoms with Crippen LogP contribution in [0.2, 0.25) is 0 Å². The number of halogens is 1. The lowest BCUT2D eigenvalue weighted by molar-refractivity contribution is 0.147. The number of carbonyl (C=O) groups excluding carboxylic acids is 1. The first kappa shape index (κ1) is 12.4. The number of rotatable bonds is 3. The van der Waals surface area contributed by atoms with E-state index in [1.165, 1.54) is 6.92 Å². The molecule has 0 aliphatic carbocycles. The molecule has 0 aromatic heterocycles. The predicted octanol–water partition coefficient (Wildman–Crippen LogP) is 1.04. The zero-order chi connectivity index (χ0) is 12.3. The van der Waals surface area contributed by atoms with Gasteiger partial charge >= 0.3 is 6.09 Å². The fourth-order valence-electron chi connectivity index (χ4n) is 1.04. The summed E-state index contributed by atoms with van der Waals surface area (Å²) in [5.74, 6) is -0.553. The molecule has 0 radical (unpaired) electrons. The number of hydrogen-bond donors (Lipinski definition) is 1. The van der Waals surface area contributed by atoms with Gasteiger partial charge in [0.25, 0.3) is 0 Å². The fourth-order valence-corrected chi connectivity index (χ4v) is 2.16. The predicted molar refractivity (Wildman–Crippen MR) is 53.7 cm³/mol. The summed E-state index contributed by atoms with van der Waals surface area (Å²) in [7, 11) is -3.84. The largest absolute Gasteiger partial charge is 0.430 e. The van der Waals surface area contributed by atoms with Crippen LogP contribution in [-0.4, -0.2) is 19.9 Å². The highest BCUT2D eigenvalue weighted by molar-refractivity contribution is 7.91. The van der Waals surface area contributed by atoms with Gasteiger partial charge in [0.2, 0.25) is 15.3 Å². The third-order valence-corrected chi connectivity index (χ3v) is 3.76. The van der Waals surface area contributed by atoms with Gasteiger partial charge in [-0.05, 0) is 31.2 Å². The Hall–Kier alpha value is -1.63. The standard InChI is InChI=1S/C9H10FNO4S/c1-6(15-9(11)12)16(13,14)8-4-2-7(10)3-5-8/h2-6H,1H3,(H2,11,12). The number of benzene rings is 1. The normalized spacial score (nSPS) is 13.1. The maximum absolute atomic E-state index is 12.6. The summed E-state index contributed by atoms with van der Waals surface area (Å²) in [5, 5.41) is 0. The minimum absolute atomic E-state index is 0.136. The highest BCUT2D eigenvalue weighted by Crippen LogP contribution is 2.17. The third-order valence-electron chi connectivity index (χ3n) is 1.86. The van der Waals surface area contributed by atoms with Gasteiger partial charge in [0.15, 0.2) is 0 Å². The second-order valence-corrected chi connectivity index (χ2v) is 5.23. The van der Waals surface area contributed by atoms with Crippen LogP contribution in [0.5, 0.6) is 0 Å². The summed E-state index contributed by atoms with van der Waals surface area (Å²) < 4.78 is 40.4. The summed E-state index contributed by atoms with van der Waals surface area (Å²) in [6.45, 7) is 1.17. The van der Waals surface area contributed by atoms with Gasteiger partial charge in [-0.15, -0.1) is 0 Å². The molecule has 0 heterocycles. The number of amides is 1. The molecule has 0 saturated heterocycles. The van der Waals surface area contributed by atoms with Gasteiger partial charge in [-0.25, -0.2) is 17.6 Å². The van der Waals surface area contributed by atoms with Crippen molar-refractivity contribution in [2.24, 2.45) is 5.73 Å². The quantitative estimate of drug-likeness (QED) is 0.808. The maximum Gasteiger partial charge on any atom is 0.405 e. The molecule has 0 fully saturated rings. The van der Waals surface area contributed by atoms with E-state index in [2.05, 4.69) is 4.74 Å². The van der Waals surface area contributed by atoms with Crippen LogP contribution in [0.15, 0.2) is 29.2 Å². The summed E-state index contributed by atoms with van der Waals surface area (Å²) in [6, 6.07) is 4.19. The van der Waals surface area contributed by atoms with Crippen LogP contribution < -0.4 is 5.73 Å². The average Bonchev–Trinajstić information content (AvgIpc) is 2.17. The van der Waals surface area contributed by atoms with Crippen molar-refractivity contribution >= 4 is 15.9 Å². The maximum atomic E-state index is 12.6. The molecule has 1 aromatic rings. The summed E-state index contributed by atoms with van der Waals surface area (Å²) in [4.78, 5) is 10.3. The van der Waals surface area contributed by atoms with E-state index < -0.39 is 27.2 Å². The fraction of sp³-hybridized carbons (Fsp3) is 0.222. The molecule has 0 spiro atoms. The van der Waals surface area contributed by atoms with Crippen LogP contribution >= 0.6 is 0 Å². The zero-order valence-corrected chi connectivity index (χ0v) is 9.20. The van der Waals surface area contributed by atoms with Crippen LogP contribution in [0.3, 0.4) is 0 Å². The number of ether oxygens (including phenoxy) is 1. The molecule has 88 valence electrons. The van der Waals surface area contributed by atoms with Crippen molar-refractivity contribution in [2.75, 3.05) is 0 Å². The molecule has 0 aliphatic heterocycles. The molecule has 1 aromatic carbocycles. The van der Waals surface area contributed by atoms with Gasteiger partial charge in [-0.2, -0.15) is 0 Å². The van der Waals surface area contributed by atoms with Crippen LogP contribution in [0.1, 0.15) is 6.92 Å². The molecule has 1 unspecified atom stereocenters. The van der Waals surface area contributed by atoms with E-state index in [4.69, 9.17) is 5.73 Å². The Morgan fingerprint density at radius 3 is 2.31 bits per heavy atom. The summed E-state index contributed by atoms with van der Waals surface area (Å²) in [5.41, 5.74) is 3.30. The van der Waals surface area contributed by atoms with E-state index in [9.17, 15) is 17.6 Å². The van der Waals surface area contributed by atoms with Gasteiger partial charge in [0.05, 0.1) is 4.90 Å². The first-order valence-corrected chi connectivity index (χ1v) is 5.84. The molecule has 2 N–H and O–H groups in total. The Labute approximate surface area is 91.9 Å². The number of sulfone groups is 1. The molecule has 1 rings (SSSR count). The molecule has 5 nitrogen and oxygen atoms in total. The Balaban J connectivity index is 3.02. The Kier molecular flexibility index (Phi) is 3.48. The minimum Gasteiger partial charge on any atom is -0.430 e. The van der Waals surface area contributed by atoms with Crippen LogP contribution in [-0.2, 0) is 14.6 Å². The number of carbonyl (C=O) groups is 1. The van der Waals surface area contributed by atoms with Crippen LogP contribution in [0, 0.1) is 5.82 Å². The van der Waals surface area contributed by atoms with Crippen molar-refractivity contribution in [1.82, 2.24) is 0 Å². The lowest BCUT2D eigenvalue weighted by atomic mass is 10.4. The van der Waals surface area contributed by atoms with Crippen LogP contribution in [0.4, 0.5) is 9.18 Å². The molecule has 1 amide bonds. The van der Waals surface area contributed by atoms with Crippen molar-refractivity contribution in [3.05, 3.63) is 30.1 Å². The number of hydrogen-bond acceptors (Lipinski definition) is 4. The zero-order valence-electron chi connectivity index (χ0n) is 8.38. The molecular formula is C9H10FNO4S. The van der Waals surface area contributed by atoms with Gasteiger partial charge in [-0.3, -0.25) is 0 Å². The smallest absolute Gasteiger partial charge is 0.405 e. The van der Waals surface area contributed by atoms with Gasteiger partial charge in [0, 0.05) is 0 Å². The Bertz CT molecular complexity index is 483. The number of nitrogens with two attached hydrogens (primary N) is 1. The van der Waals surface area contributed by atoms with Gasteiger partial charge in [0.1, 0.15) is 5.82 Å². The second-order valence-electron chi connectivity index (χ2n) is 3.00. The highest BCUT2D eigenvalue weighted by Gasteiger charge is 2.25. The van der Waals surface area contributed by atoms with Crippen molar-refractivity contribution in [3.8, 4) is 0 Å². The molecule has 1 atom stereocenters. The van der Waals surface area contributed by atoms with E-state index in [1.807, 2.05) is 0 Å². The molecule has 0 saturated carbocycles. The molecule has 0 bridgehead atoms. The molecule has 0 aliphatic rings. The van der Waals surface area contributed by atoms with Crippen LogP contribution in [0.25, 0.3) is 0 Å². The van der Waals surface area contributed by atoms with E-state index in [0.29, 0.717) is 0 Å². The summed E-state index contributed by atoms with van der Waals surface area (Å²) >= 11 is 0. The highest BCUT2D eigenvalue weighted by atomic mass is 32.2. The Morgan fingerprint density at radius 2 is 1.88 bits per heavy atom. The van der Waals surface area contributed by atoms with Crippen molar-refractivity contribution in [3.63, 3.8) is 0 Å². The van der Waals surface area contributed by atoms with E-state index in [0.717, 1.165) is 24.3 Å². The third kappa shape index (κ3) is 2.69. The molecule has 7 heteroatoms. The second kappa shape index (κ2) is 4.48. The van der Waals surface area contributed by atoms with E-state index >= 15 is 0 Å². The average molecular weight is 247 g/mol.